The minimum Gasteiger partial charge on any atom is -0.261 e. The van der Waals surface area contributed by atoms with E-state index in [1.165, 1.54) is 22.3 Å². The first-order chi connectivity index (χ1) is 8.75. The topological polar surface area (TPSA) is 15.5 Å². The van der Waals surface area contributed by atoms with Crippen molar-refractivity contribution >= 4 is 0 Å². The Labute approximate surface area is 107 Å². The van der Waals surface area contributed by atoms with E-state index in [1.807, 2.05) is 0 Å². The number of nitrogens with zero attached hydrogens (tertiary/aromatic N) is 1. The van der Waals surface area contributed by atoms with Crippen molar-refractivity contribution in [3.8, 4) is 11.1 Å². The standard InChI is InChI=1S/C16H15NO/c1-11(2)17-16(18-17)14-9-5-3-7-12(14)13-8-4-6-10-15(13)16/h3-11H,1-2H3. The van der Waals surface area contributed by atoms with Gasteiger partial charge in [-0.2, -0.15) is 0 Å². The smallest absolute Gasteiger partial charge is 0.217 e. The van der Waals surface area contributed by atoms with Gasteiger partial charge in [-0.3, -0.25) is 4.84 Å². The van der Waals surface area contributed by atoms with E-state index in [9.17, 15) is 0 Å². The molecule has 2 aliphatic rings. The van der Waals surface area contributed by atoms with E-state index >= 15 is 0 Å². The average Bonchev–Trinajstić information content (AvgIpc) is 3.09. The van der Waals surface area contributed by atoms with Crippen LogP contribution in [0.4, 0.5) is 0 Å². The van der Waals surface area contributed by atoms with Gasteiger partial charge in [0.2, 0.25) is 5.72 Å². The molecule has 1 spiro atoms. The summed E-state index contributed by atoms with van der Waals surface area (Å²) in [6.45, 7) is 4.33. The lowest BCUT2D eigenvalue weighted by Gasteiger charge is -2.10. The van der Waals surface area contributed by atoms with Crippen LogP contribution in [-0.2, 0) is 10.6 Å². The summed E-state index contributed by atoms with van der Waals surface area (Å²) in [5.41, 5.74) is 4.84. The van der Waals surface area contributed by atoms with Crippen LogP contribution < -0.4 is 0 Å². The van der Waals surface area contributed by atoms with Crippen molar-refractivity contribution in [2.75, 3.05) is 0 Å². The van der Waals surface area contributed by atoms with Gasteiger partial charge in [-0.05, 0) is 25.0 Å². The van der Waals surface area contributed by atoms with Crippen molar-refractivity contribution in [1.29, 1.82) is 0 Å². The van der Waals surface area contributed by atoms with Crippen LogP contribution in [0.3, 0.4) is 0 Å². The predicted octanol–water partition coefficient (Wildman–Crippen LogP) is 3.52. The zero-order valence-corrected chi connectivity index (χ0v) is 10.6. The summed E-state index contributed by atoms with van der Waals surface area (Å²) in [5, 5.41) is 2.09. The Kier molecular flexibility index (Phi) is 1.84. The second kappa shape index (κ2) is 3.22. The molecule has 2 aromatic rings. The van der Waals surface area contributed by atoms with E-state index < -0.39 is 0 Å². The van der Waals surface area contributed by atoms with Gasteiger partial charge in [0.15, 0.2) is 0 Å². The van der Waals surface area contributed by atoms with Crippen molar-refractivity contribution in [2.24, 2.45) is 0 Å². The Bertz CT molecular complexity index is 587. The lowest BCUT2D eigenvalue weighted by Crippen LogP contribution is -2.20. The van der Waals surface area contributed by atoms with Gasteiger partial charge in [-0.1, -0.05) is 48.5 Å². The van der Waals surface area contributed by atoms with Gasteiger partial charge in [0, 0.05) is 17.2 Å². The van der Waals surface area contributed by atoms with E-state index in [-0.39, 0.29) is 5.72 Å². The number of hydroxylamine groups is 2. The summed E-state index contributed by atoms with van der Waals surface area (Å²) >= 11 is 0. The molecule has 0 aromatic heterocycles. The van der Waals surface area contributed by atoms with E-state index in [0.717, 1.165) is 0 Å². The van der Waals surface area contributed by atoms with Gasteiger partial charge in [-0.25, -0.2) is 0 Å². The van der Waals surface area contributed by atoms with Crippen LogP contribution in [-0.4, -0.2) is 11.1 Å². The first kappa shape index (κ1) is 10.3. The molecule has 0 bridgehead atoms. The molecule has 2 aromatic carbocycles. The first-order valence-corrected chi connectivity index (χ1v) is 6.43. The highest BCUT2D eigenvalue weighted by Gasteiger charge is 2.63. The molecule has 0 N–H and O–H groups in total. The molecule has 2 nitrogen and oxygen atoms in total. The summed E-state index contributed by atoms with van der Waals surface area (Å²) in [4.78, 5) is 6.01. The van der Waals surface area contributed by atoms with Crippen LogP contribution >= 0.6 is 0 Å². The third-order valence-electron chi connectivity index (χ3n) is 3.85. The van der Waals surface area contributed by atoms with Crippen LogP contribution in [0.25, 0.3) is 11.1 Å². The normalized spacial score (nSPS) is 22.1. The molecule has 0 amide bonds. The molecule has 4 rings (SSSR count). The van der Waals surface area contributed by atoms with Crippen LogP contribution in [0, 0.1) is 0 Å². The molecule has 0 radical (unpaired) electrons. The number of benzene rings is 2. The lowest BCUT2D eigenvalue weighted by molar-refractivity contribution is 0.162. The maximum Gasteiger partial charge on any atom is 0.217 e. The van der Waals surface area contributed by atoms with Gasteiger partial charge in [0.1, 0.15) is 0 Å². The molecule has 90 valence electrons. The summed E-state index contributed by atoms with van der Waals surface area (Å²) in [6.07, 6.45) is 0. The summed E-state index contributed by atoms with van der Waals surface area (Å²) in [7, 11) is 0. The second-order valence-corrected chi connectivity index (χ2v) is 5.25. The third-order valence-corrected chi connectivity index (χ3v) is 3.85. The van der Waals surface area contributed by atoms with Gasteiger partial charge in [0.25, 0.3) is 0 Å². The Balaban J connectivity index is 2.01. The van der Waals surface area contributed by atoms with Crippen LogP contribution in [0.1, 0.15) is 25.0 Å². The van der Waals surface area contributed by atoms with Gasteiger partial charge < -0.3 is 0 Å². The van der Waals surface area contributed by atoms with Crippen molar-refractivity contribution in [1.82, 2.24) is 5.06 Å². The molecule has 1 saturated heterocycles. The zero-order chi connectivity index (χ0) is 12.3. The molecular weight excluding hydrogens is 222 g/mol. The van der Waals surface area contributed by atoms with E-state index in [0.29, 0.717) is 6.04 Å². The highest BCUT2D eigenvalue weighted by Crippen LogP contribution is 2.60. The third kappa shape index (κ3) is 1.05. The highest BCUT2D eigenvalue weighted by molar-refractivity contribution is 5.80. The van der Waals surface area contributed by atoms with Crippen molar-refractivity contribution < 1.29 is 4.84 Å². The second-order valence-electron chi connectivity index (χ2n) is 5.25. The Morgan fingerprint density at radius 2 is 1.39 bits per heavy atom. The van der Waals surface area contributed by atoms with E-state index in [4.69, 9.17) is 4.84 Å². The van der Waals surface area contributed by atoms with Gasteiger partial charge >= 0.3 is 0 Å². The molecule has 1 heterocycles. The van der Waals surface area contributed by atoms with Gasteiger partial charge in [-0.15, -0.1) is 5.06 Å². The van der Waals surface area contributed by atoms with Crippen LogP contribution in [0.15, 0.2) is 48.5 Å². The summed E-state index contributed by atoms with van der Waals surface area (Å²) in [6, 6.07) is 17.5. The SMILES string of the molecule is CC(C)N1OC12c1ccccc1-c1ccccc12. The molecule has 1 fully saturated rings. The molecule has 2 heteroatoms. The maximum absolute atomic E-state index is 6.01. The largest absolute Gasteiger partial charge is 0.261 e. The monoisotopic (exact) mass is 237 g/mol. The minimum atomic E-state index is -0.318. The first-order valence-electron chi connectivity index (χ1n) is 6.43. The number of fused-ring (bicyclic) bond motifs is 5. The zero-order valence-electron chi connectivity index (χ0n) is 10.6. The summed E-state index contributed by atoms with van der Waals surface area (Å²) < 4.78 is 0. The number of hydrogen-bond acceptors (Lipinski definition) is 2. The van der Waals surface area contributed by atoms with E-state index in [1.54, 1.807) is 0 Å². The molecule has 1 aliphatic heterocycles. The van der Waals surface area contributed by atoms with Crippen molar-refractivity contribution in [3.05, 3.63) is 59.7 Å². The Morgan fingerprint density at radius 3 is 1.83 bits per heavy atom. The predicted molar refractivity (Wildman–Crippen MR) is 70.7 cm³/mol. The Morgan fingerprint density at radius 1 is 0.889 bits per heavy atom. The molecule has 1 atom stereocenters. The van der Waals surface area contributed by atoms with Crippen LogP contribution in [0.5, 0.6) is 0 Å². The molecular formula is C16H15NO. The fraction of sp³-hybridized carbons (Fsp3) is 0.250. The van der Waals surface area contributed by atoms with E-state index in [2.05, 4.69) is 67.4 Å². The van der Waals surface area contributed by atoms with Crippen LogP contribution in [0.2, 0.25) is 0 Å². The van der Waals surface area contributed by atoms with Crippen molar-refractivity contribution in [2.45, 2.75) is 25.6 Å². The average molecular weight is 237 g/mol. The quantitative estimate of drug-likeness (QED) is 0.705. The molecule has 1 unspecified atom stereocenters. The lowest BCUT2D eigenvalue weighted by atomic mass is 10.0. The minimum absolute atomic E-state index is 0.318. The number of hydrogen-bond donors (Lipinski definition) is 0. The maximum atomic E-state index is 6.01. The van der Waals surface area contributed by atoms with Crippen molar-refractivity contribution in [3.63, 3.8) is 0 Å². The molecule has 1 aliphatic carbocycles. The summed E-state index contributed by atoms with van der Waals surface area (Å²) in [5.74, 6) is 0. The molecule has 0 saturated carbocycles. The molecule has 18 heavy (non-hydrogen) atoms. The highest BCUT2D eigenvalue weighted by atomic mass is 16.9. The fourth-order valence-electron chi connectivity index (χ4n) is 3.10. The fourth-order valence-corrected chi connectivity index (χ4v) is 3.10. The van der Waals surface area contributed by atoms with Gasteiger partial charge in [0.05, 0.1) is 0 Å². The Hall–Kier alpha value is -1.64. The number of rotatable bonds is 1.